The highest BCUT2D eigenvalue weighted by molar-refractivity contribution is 5.91. The van der Waals surface area contributed by atoms with E-state index in [0.717, 1.165) is 29.6 Å². The molecular formula is C17H20N2O. The molecule has 0 radical (unpaired) electrons. The van der Waals surface area contributed by atoms with E-state index < -0.39 is 0 Å². The number of nitrogens with zero attached hydrogens (tertiary/aromatic N) is 2. The smallest absolute Gasteiger partial charge is 0.153 e. The molecule has 1 aliphatic rings. The number of fused-ring (bicyclic) bond motifs is 1. The first-order valence-electron chi connectivity index (χ1n) is 7.32. The van der Waals surface area contributed by atoms with Crippen LogP contribution in [0.1, 0.15) is 37.0 Å². The van der Waals surface area contributed by atoms with E-state index in [1.165, 1.54) is 12.8 Å². The Bertz CT molecular complexity index is 636. The van der Waals surface area contributed by atoms with Gasteiger partial charge in [0, 0.05) is 18.0 Å². The van der Waals surface area contributed by atoms with Gasteiger partial charge in [0.05, 0.1) is 11.1 Å². The molecule has 0 bridgehead atoms. The number of hydrogen-bond donors (Lipinski definition) is 0. The van der Waals surface area contributed by atoms with Gasteiger partial charge in [0.1, 0.15) is 5.82 Å². The Morgan fingerprint density at radius 2 is 2.15 bits per heavy atom. The zero-order valence-electron chi connectivity index (χ0n) is 12.0. The molecule has 0 spiro atoms. The monoisotopic (exact) mass is 268 g/mol. The van der Waals surface area contributed by atoms with Crippen molar-refractivity contribution in [2.45, 2.75) is 32.7 Å². The quantitative estimate of drug-likeness (QED) is 0.796. The van der Waals surface area contributed by atoms with Crippen molar-refractivity contribution in [1.29, 1.82) is 0 Å². The molecule has 1 aliphatic heterocycles. The van der Waals surface area contributed by atoms with Crippen molar-refractivity contribution in [3.05, 3.63) is 35.9 Å². The predicted octanol–water partition coefficient (Wildman–Crippen LogP) is 3.67. The van der Waals surface area contributed by atoms with Crippen molar-refractivity contribution in [3.63, 3.8) is 0 Å². The normalized spacial score (nSPS) is 18.9. The number of benzene rings is 1. The maximum Gasteiger partial charge on any atom is 0.153 e. The molecule has 1 unspecified atom stereocenters. The second-order valence-electron chi connectivity index (χ2n) is 5.86. The minimum absolute atomic E-state index is 0.488. The number of anilines is 1. The van der Waals surface area contributed by atoms with Crippen molar-refractivity contribution in [2.24, 2.45) is 5.92 Å². The number of carbonyl (C=O) groups is 1. The lowest BCUT2D eigenvalue weighted by atomic mass is 10.0. The number of carbonyl (C=O) groups excluding carboxylic acids is 1. The number of para-hydroxylation sites is 1. The topological polar surface area (TPSA) is 33.2 Å². The highest BCUT2D eigenvalue weighted by Crippen LogP contribution is 2.31. The molecule has 2 heterocycles. The van der Waals surface area contributed by atoms with Crippen LogP contribution in [0.15, 0.2) is 30.3 Å². The summed E-state index contributed by atoms with van der Waals surface area (Å²) in [6.07, 6.45) is 3.30. The molecule has 0 saturated carbocycles. The average molecular weight is 268 g/mol. The number of pyridine rings is 1. The van der Waals surface area contributed by atoms with Crippen molar-refractivity contribution in [3.8, 4) is 0 Å². The Hall–Kier alpha value is -1.90. The summed E-state index contributed by atoms with van der Waals surface area (Å²) in [7, 11) is 0. The molecule has 1 aromatic heterocycles. The van der Waals surface area contributed by atoms with Crippen LogP contribution in [0.25, 0.3) is 10.9 Å². The lowest BCUT2D eigenvalue weighted by Gasteiger charge is -2.29. The molecule has 0 N–H and O–H groups in total. The van der Waals surface area contributed by atoms with Crippen molar-refractivity contribution < 1.29 is 4.79 Å². The highest BCUT2D eigenvalue weighted by Gasteiger charge is 2.29. The Morgan fingerprint density at radius 3 is 2.90 bits per heavy atom. The third-order valence-corrected chi connectivity index (χ3v) is 4.20. The van der Waals surface area contributed by atoms with Gasteiger partial charge < -0.3 is 4.90 Å². The zero-order chi connectivity index (χ0) is 14.1. The Kier molecular flexibility index (Phi) is 3.43. The second kappa shape index (κ2) is 5.23. The van der Waals surface area contributed by atoms with Crippen LogP contribution in [-0.2, 0) is 0 Å². The number of rotatable bonds is 3. The largest absolute Gasteiger partial charge is 0.353 e. The molecule has 1 atom stereocenters. The van der Waals surface area contributed by atoms with Gasteiger partial charge in [0.15, 0.2) is 6.29 Å². The molecule has 2 aromatic rings. The van der Waals surface area contributed by atoms with Crippen LogP contribution in [-0.4, -0.2) is 23.9 Å². The van der Waals surface area contributed by atoms with Crippen molar-refractivity contribution in [2.75, 3.05) is 11.4 Å². The summed E-state index contributed by atoms with van der Waals surface area (Å²) < 4.78 is 0. The van der Waals surface area contributed by atoms with Crippen LogP contribution in [0.2, 0.25) is 0 Å². The summed E-state index contributed by atoms with van der Waals surface area (Å²) in [5, 5.41) is 1.03. The summed E-state index contributed by atoms with van der Waals surface area (Å²) in [6.45, 7) is 5.48. The molecule has 1 aromatic carbocycles. The number of aromatic nitrogens is 1. The minimum atomic E-state index is 0.488. The van der Waals surface area contributed by atoms with E-state index in [4.69, 9.17) is 4.98 Å². The van der Waals surface area contributed by atoms with Crippen molar-refractivity contribution in [1.82, 2.24) is 4.98 Å². The van der Waals surface area contributed by atoms with E-state index in [0.29, 0.717) is 17.5 Å². The second-order valence-corrected chi connectivity index (χ2v) is 5.86. The molecule has 3 heteroatoms. The summed E-state index contributed by atoms with van der Waals surface area (Å²) in [4.78, 5) is 18.5. The molecular weight excluding hydrogens is 248 g/mol. The maximum atomic E-state index is 11.4. The molecule has 104 valence electrons. The van der Waals surface area contributed by atoms with E-state index in [9.17, 15) is 4.79 Å². The summed E-state index contributed by atoms with van der Waals surface area (Å²) >= 11 is 0. The van der Waals surface area contributed by atoms with Crippen molar-refractivity contribution >= 4 is 23.0 Å². The van der Waals surface area contributed by atoms with Gasteiger partial charge in [-0.25, -0.2) is 4.98 Å². The van der Waals surface area contributed by atoms with Crippen LogP contribution in [0, 0.1) is 5.92 Å². The molecule has 0 aliphatic carbocycles. The third-order valence-electron chi connectivity index (χ3n) is 4.20. The fourth-order valence-electron chi connectivity index (χ4n) is 3.19. The first-order chi connectivity index (χ1) is 9.70. The van der Waals surface area contributed by atoms with Gasteiger partial charge in [0.25, 0.3) is 0 Å². The van der Waals surface area contributed by atoms with Gasteiger partial charge in [-0.2, -0.15) is 0 Å². The van der Waals surface area contributed by atoms with Crippen LogP contribution in [0.4, 0.5) is 5.82 Å². The first-order valence-corrected chi connectivity index (χ1v) is 7.32. The highest BCUT2D eigenvalue weighted by atomic mass is 16.1. The minimum Gasteiger partial charge on any atom is -0.353 e. The SMILES string of the molecule is CC(C)C1CCCN1c1nc2ccccc2cc1C=O. The summed E-state index contributed by atoms with van der Waals surface area (Å²) in [5.41, 5.74) is 1.67. The molecule has 20 heavy (non-hydrogen) atoms. The van der Waals surface area contributed by atoms with Crippen LogP contribution < -0.4 is 4.90 Å². The van der Waals surface area contributed by atoms with E-state index >= 15 is 0 Å². The van der Waals surface area contributed by atoms with Gasteiger partial charge in [-0.15, -0.1) is 0 Å². The Labute approximate surface area is 119 Å². The van der Waals surface area contributed by atoms with Crippen LogP contribution in [0.5, 0.6) is 0 Å². The fraction of sp³-hybridized carbons (Fsp3) is 0.412. The fourth-order valence-corrected chi connectivity index (χ4v) is 3.19. The van der Waals surface area contributed by atoms with Gasteiger partial charge in [0.2, 0.25) is 0 Å². The van der Waals surface area contributed by atoms with Gasteiger partial charge in [-0.1, -0.05) is 32.0 Å². The van der Waals surface area contributed by atoms with Crippen LogP contribution >= 0.6 is 0 Å². The third kappa shape index (κ3) is 2.17. The lowest BCUT2D eigenvalue weighted by Crippen LogP contribution is -2.34. The standard InChI is InChI=1S/C17H20N2O/c1-12(2)16-8-5-9-19(16)17-14(11-20)10-13-6-3-4-7-15(13)18-17/h3-4,6-7,10-12,16H,5,8-9H2,1-2H3. The number of hydrogen-bond acceptors (Lipinski definition) is 3. The molecule has 1 fully saturated rings. The van der Waals surface area contributed by atoms with Crippen LogP contribution in [0.3, 0.4) is 0 Å². The van der Waals surface area contributed by atoms with E-state index in [1.54, 1.807) is 0 Å². The summed E-state index contributed by atoms with van der Waals surface area (Å²) in [6, 6.07) is 10.4. The van der Waals surface area contributed by atoms with Gasteiger partial charge in [-0.05, 0) is 30.9 Å². The van der Waals surface area contributed by atoms with Gasteiger partial charge in [-0.3, -0.25) is 4.79 Å². The number of aldehydes is 1. The summed E-state index contributed by atoms with van der Waals surface area (Å²) in [5.74, 6) is 1.43. The molecule has 3 rings (SSSR count). The maximum absolute atomic E-state index is 11.4. The zero-order valence-corrected chi connectivity index (χ0v) is 12.0. The Balaban J connectivity index is 2.12. The Morgan fingerprint density at radius 1 is 1.35 bits per heavy atom. The molecule has 1 saturated heterocycles. The molecule has 3 nitrogen and oxygen atoms in total. The van der Waals surface area contributed by atoms with E-state index in [2.05, 4.69) is 18.7 Å². The van der Waals surface area contributed by atoms with Gasteiger partial charge >= 0.3 is 0 Å². The predicted molar refractivity (Wildman–Crippen MR) is 82.3 cm³/mol. The molecule has 0 amide bonds. The average Bonchev–Trinajstić information content (AvgIpc) is 2.95. The van der Waals surface area contributed by atoms with E-state index in [1.807, 2.05) is 30.3 Å². The lowest BCUT2D eigenvalue weighted by molar-refractivity contribution is 0.112. The van der Waals surface area contributed by atoms with E-state index in [-0.39, 0.29) is 0 Å². The first kappa shape index (κ1) is 13.1.